The number of rotatable bonds is 4. The second-order valence-corrected chi connectivity index (χ2v) is 3.52. The van der Waals surface area contributed by atoms with Gasteiger partial charge in [-0.2, -0.15) is 0 Å². The van der Waals surface area contributed by atoms with Gasteiger partial charge in [-0.1, -0.05) is 49.4 Å². The largest absolute Gasteiger partial charge is 0.273 e. The molecule has 0 fully saturated rings. The lowest BCUT2D eigenvalue weighted by molar-refractivity contribution is -0.385. The summed E-state index contributed by atoms with van der Waals surface area (Å²) < 4.78 is 0. The molecule has 1 aromatic carbocycles. The van der Waals surface area contributed by atoms with Crippen molar-refractivity contribution in [2.75, 3.05) is 0 Å². The zero-order valence-electron chi connectivity index (χ0n) is 9.46. The fourth-order valence-electron chi connectivity index (χ4n) is 1.48. The van der Waals surface area contributed by atoms with E-state index in [2.05, 4.69) is 0 Å². The van der Waals surface area contributed by atoms with E-state index >= 15 is 0 Å². The minimum absolute atomic E-state index is 0.0396. The SMILES string of the molecule is C/C=C/C=C\C(C)c1ccccc1[N+](=O)[O-]. The molecule has 0 radical (unpaired) electrons. The number of allylic oxidation sites excluding steroid dienone is 4. The lowest BCUT2D eigenvalue weighted by Gasteiger charge is -2.06. The first-order chi connectivity index (χ1) is 7.66. The van der Waals surface area contributed by atoms with Crippen LogP contribution in [0.5, 0.6) is 0 Å². The maximum atomic E-state index is 10.8. The Kier molecular flexibility index (Phi) is 4.45. The summed E-state index contributed by atoms with van der Waals surface area (Å²) in [5, 5.41) is 10.8. The number of para-hydroxylation sites is 1. The zero-order chi connectivity index (χ0) is 12.0. The van der Waals surface area contributed by atoms with Crippen molar-refractivity contribution in [1.82, 2.24) is 0 Å². The van der Waals surface area contributed by atoms with Crippen molar-refractivity contribution in [3.8, 4) is 0 Å². The Morgan fingerprint density at radius 1 is 1.31 bits per heavy atom. The normalized spacial score (nSPS) is 13.4. The molecule has 0 aliphatic carbocycles. The molecule has 3 heteroatoms. The van der Waals surface area contributed by atoms with Crippen LogP contribution in [-0.2, 0) is 0 Å². The van der Waals surface area contributed by atoms with E-state index in [-0.39, 0.29) is 16.5 Å². The topological polar surface area (TPSA) is 43.1 Å². The molecule has 1 aromatic rings. The third kappa shape index (κ3) is 3.05. The first-order valence-electron chi connectivity index (χ1n) is 5.19. The quantitative estimate of drug-likeness (QED) is 0.437. The summed E-state index contributed by atoms with van der Waals surface area (Å²) in [5.74, 6) is 0.0396. The van der Waals surface area contributed by atoms with Gasteiger partial charge in [-0.25, -0.2) is 0 Å². The predicted molar refractivity (Wildman–Crippen MR) is 65.5 cm³/mol. The molecule has 1 rings (SSSR count). The maximum absolute atomic E-state index is 10.8. The van der Waals surface area contributed by atoms with E-state index in [1.54, 1.807) is 12.1 Å². The summed E-state index contributed by atoms with van der Waals surface area (Å²) in [7, 11) is 0. The summed E-state index contributed by atoms with van der Waals surface area (Å²) in [6, 6.07) is 6.84. The van der Waals surface area contributed by atoms with Crippen molar-refractivity contribution in [1.29, 1.82) is 0 Å². The van der Waals surface area contributed by atoms with Gasteiger partial charge >= 0.3 is 0 Å². The highest BCUT2D eigenvalue weighted by Gasteiger charge is 2.15. The molecular formula is C13H15NO2. The summed E-state index contributed by atoms with van der Waals surface area (Å²) in [5.41, 5.74) is 0.924. The van der Waals surface area contributed by atoms with E-state index in [1.165, 1.54) is 6.07 Å². The van der Waals surface area contributed by atoms with Crippen LogP contribution in [0.4, 0.5) is 5.69 Å². The van der Waals surface area contributed by atoms with Gasteiger partial charge in [0.25, 0.3) is 5.69 Å². The van der Waals surface area contributed by atoms with E-state index in [0.29, 0.717) is 0 Å². The van der Waals surface area contributed by atoms with Gasteiger partial charge in [0.1, 0.15) is 0 Å². The number of nitro benzene ring substituents is 1. The average molecular weight is 217 g/mol. The van der Waals surface area contributed by atoms with E-state index in [1.807, 2.05) is 44.2 Å². The summed E-state index contributed by atoms with van der Waals surface area (Å²) in [6.07, 6.45) is 7.68. The molecule has 0 aromatic heterocycles. The zero-order valence-corrected chi connectivity index (χ0v) is 9.46. The van der Waals surface area contributed by atoms with Gasteiger partial charge in [-0.3, -0.25) is 10.1 Å². The standard InChI is InChI=1S/C13H15NO2/c1-3-4-5-8-11(2)12-9-6-7-10-13(12)14(15)16/h3-11H,1-2H3/b4-3+,8-5-. The van der Waals surface area contributed by atoms with Crippen molar-refractivity contribution < 1.29 is 4.92 Å². The third-order valence-electron chi connectivity index (χ3n) is 2.33. The van der Waals surface area contributed by atoms with Crippen molar-refractivity contribution in [3.63, 3.8) is 0 Å². The van der Waals surface area contributed by atoms with Gasteiger partial charge in [0, 0.05) is 17.5 Å². The maximum Gasteiger partial charge on any atom is 0.273 e. The van der Waals surface area contributed by atoms with Crippen LogP contribution in [0.2, 0.25) is 0 Å². The number of nitrogens with zero attached hydrogens (tertiary/aromatic N) is 1. The van der Waals surface area contributed by atoms with Crippen molar-refractivity contribution in [2.45, 2.75) is 19.8 Å². The molecule has 0 aliphatic rings. The summed E-state index contributed by atoms with van der Waals surface area (Å²) >= 11 is 0. The van der Waals surface area contributed by atoms with Crippen LogP contribution in [0, 0.1) is 10.1 Å². The van der Waals surface area contributed by atoms with Crippen molar-refractivity contribution in [3.05, 3.63) is 64.2 Å². The third-order valence-corrected chi connectivity index (χ3v) is 2.33. The molecule has 1 atom stereocenters. The van der Waals surface area contributed by atoms with Gasteiger partial charge in [0.05, 0.1) is 4.92 Å². The highest BCUT2D eigenvalue weighted by molar-refractivity contribution is 5.43. The smallest absolute Gasteiger partial charge is 0.258 e. The van der Waals surface area contributed by atoms with Gasteiger partial charge in [0.15, 0.2) is 0 Å². The predicted octanol–water partition coefficient (Wildman–Crippen LogP) is 3.83. The Labute approximate surface area is 95.3 Å². The van der Waals surface area contributed by atoms with Gasteiger partial charge in [0.2, 0.25) is 0 Å². The average Bonchev–Trinajstić information content (AvgIpc) is 2.29. The van der Waals surface area contributed by atoms with Crippen LogP contribution >= 0.6 is 0 Å². The molecule has 1 unspecified atom stereocenters. The molecular weight excluding hydrogens is 202 g/mol. The molecule has 0 amide bonds. The van der Waals surface area contributed by atoms with Crippen LogP contribution in [-0.4, -0.2) is 4.92 Å². The highest BCUT2D eigenvalue weighted by Crippen LogP contribution is 2.26. The number of benzene rings is 1. The van der Waals surface area contributed by atoms with Crippen LogP contribution in [0.1, 0.15) is 25.3 Å². The Hall–Kier alpha value is -1.90. The molecule has 3 nitrogen and oxygen atoms in total. The van der Waals surface area contributed by atoms with E-state index < -0.39 is 0 Å². The van der Waals surface area contributed by atoms with Crippen LogP contribution in [0.25, 0.3) is 0 Å². The van der Waals surface area contributed by atoms with Crippen molar-refractivity contribution >= 4 is 5.69 Å². The minimum Gasteiger partial charge on any atom is -0.258 e. The Bertz CT molecular complexity index is 422. The van der Waals surface area contributed by atoms with Gasteiger partial charge in [-0.05, 0) is 6.92 Å². The monoisotopic (exact) mass is 217 g/mol. The van der Waals surface area contributed by atoms with E-state index in [4.69, 9.17) is 0 Å². The second kappa shape index (κ2) is 5.85. The van der Waals surface area contributed by atoms with Crippen molar-refractivity contribution in [2.24, 2.45) is 0 Å². The number of nitro groups is 1. The molecule has 84 valence electrons. The van der Waals surface area contributed by atoms with Crippen LogP contribution in [0.15, 0.2) is 48.6 Å². The Morgan fingerprint density at radius 3 is 2.62 bits per heavy atom. The van der Waals surface area contributed by atoms with Gasteiger partial charge < -0.3 is 0 Å². The fraction of sp³-hybridized carbons (Fsp3) is 0.231. The number of hydrogen-bond acceptors (Lipinski definition) is 2. The lowest BCUT2D eigenvalue weighted by atomic mass is 9.99. The van der Waals surface area contributed by atoms with E-state index in [9.17, 15) is 10.1 Å². The Balaban J connectivity index is 2.98. The molecule has 0 saturated carbocycles. The fourth-order valence-corrected chi connectivity index (χ4v) is 1.48. The lowest BCUT2D eigenvalue weighted by Crippen LogP contribution is -1.97. The molecule has 0 spiro atoms. The molecule has 0 aliphatic heterocycles. The van der Waals surface area contributed by atoms with Crippen LogP contribution in [0.3, 0.4) is 0 Å². The molecule has 16 heavy (non-hydrogen) atoms. The molecule has 0 saturated heterocycles. The molecule has 0 bridgehead atoms. The summed E-state index contributed by atoms with van der Waals surface area (Å²) in [6.45, 7) is 3.88. The first-order valence-corrected chi connectivity index (χ1v) is 5.19. The minimum atomic E-state index is -0.338. The molecule has 0 N–H and O–H groups in total. The van der Waals surface area contributed by atoms with E-state index in [0.717, 1.165) is 5.56 Å². The second-order valence-electron chi connectivity index (χ2n) is 3.52. The van der Waals surface area contributed by atoms with Gasteiger partial charge in [-0.15, -0.1) is 0 Å². The highest BCUT2D eigenvalue weighted by atomic mass is 16.6. The number of hydrogen-bond donors (Lipinski definition) is 0. The Morgan fingerprint density at radius 2 is 2.00 bits per heavy atom. The first kappa shape index (κ1) is 12.2. The summed E-state index contributed by atoms with van der Waals surface area (Å²) in [4.78, 5) is 10.5. The molecule has 0 heterocycles. The van der Waals surface area contributed by atoms with Crippen LogP contribution < -0.4 is 0 Å².